The van der Waals surface area contributed by atoms with Crippen LogP contribution in [0.5, 0.6) is 0 Å². The Balaban J connectivity index is 1.21. The molecule has 2 aliphatic rings. The third-order valence-corrected chi connectivity index (χ3v) is 12.3. The van der Waals surface area contributed by atoms with E-state index in [0.717, 1.165) is 56.0 Å². The Bertz CT molecular complexity index is 2200. The van der Waals surface area contributed by atoms with Gasteiger partial charge in [-0.05, 0) is 37.1 Å². The van der Waals surface area contributed by atoms with Gasteiger partial charge in [-0.25, -0.2) is 18.4 Å². The van der Waals surface area contributed by atoms with Crippen LogP contribution in [0.2, 0.25) is 0 Å². The standard InChI is InChI=1S/C32H37N7O6S3/c1-22-6-7-29(48(42,43)44)23(18-22)8-9-39-28-5-3-4-25(26(28)20-33-39)31-34-27-19-24(21-36-10-12-38(13-11-36)47(2,40)41)46-30(27)32(35-31)37-14-16-45-17-15-37/h3-7,18-20H,8-17,21H2,1-2H3,(H,42,43,44). The van der Waals surface area contributed by atoms with Gasteiger partial charge >= 0.3 is 0 Å². The Morgan fingerprint density at radius 3 is 2.46 bits per heavy atom. The molecule has 48 heavy (non-hydrogen) atoms. The van der Waals surface area contributed by atoms with E-state index >= 15 is 0 Å². The molecule has 7 rings (SSSR count). The smallest absolute Gasteiger partial charge is 0.294 e. The van der Waals surface area contributed by atoms with Gasteiger partial charge in [-0.3, -0.25) is 14.1 Å². The number of nitrogens with zero attached hydrogens (tertiary/aromatic N) is 7. The first-order valence-corrected chi connectivity index (χ1v) is 19.9. The molecule has 0 spiro atoms. The van der Waals surface area contributed by atoms with Gasteiger partial charge in [0, 0.05) is 68.2 Å². The summed E-state index contributed by atoms with van der Waals surface area (Å²) in [6.07, 6.45) is 3.42. The predicted molar refractivity (Wildman–Crippen MR) is 186 cm³/mol. The minimum atomic E-state index is -4.36. The van der Waals surface area contributed by atoms with Gasteiger partial charge in [0.2, 0.25) is 10.0 Å². The van der Waals surface area contributed by atoms with E-state index in [1.807, 2.05) is 29.8 Å². The average Bonchev–Trinajstić information content (AvgIpc) is 3.66. The quantitative estimate of drug-likeness (QED) is 0.224. The fourth-order valence-corrected chi connectivity index (χ4v) is 9.16. The van der Waals surface area contributed by atoms with Crippen LogP contribution in [0.15, 0.2) is 53.6 Å². The van der Waals surface area contributed by atoms with Crippen LogP contribution < -0.4 is 4.90 Å². The maximum atomic E-state index is 12.0. The molecule has 2 saturated heterocycles. The summed E-state index contributed by atoms with van der Waals surface area (Å²) in [4.78, 5) is 15.8. The molecule has 5 aromatic rings. The van der Waals surface area contributed by atoms with E-state index in [4.69, 9.17) is 14.7 Å². The van der Waals surface area contributed by atoms with Crippen LogP contribution in [0.4, 0.5) is 5.82 Å². The highest BCUT2D eigenvalue weighted by atomic mass is 32.2. The van der Waals surface area contributed by atoms with Crippen molar-refractivity contribution in [3.8, 4) is 11.4 Å². The number of fused-ring (bicyclic) bond motifs is 2. The Kier molecular flexibility index (Phi) is 8.99. The number of hydrogen-bond acceptors (Lipinski definition) is 11. The van der Waals surface area contributed by atoms with E-state index in [1.165, 1.54) is 16.6 Å². The fourth-order valence-electron chi connectivity index (χ4n) is 6.45. The molecule has 1 N–H and O–H groups in total. The van der Waals surface area contributed by atoms with Gasteiger partial charge in [0.05, 0.1) is 46.3 Å². The molecule has 16 heteroatoms. The Morgan fingerprint density at radius 1 is 0.958 bits per heavy atom. The van der Waals surface area contributed by atoms with E-state index < -0.39 is 20.1 Å². The largest absolute Gasteiger partial charge is 0.378 e. The molecule has 0 atom stereocenters. The van der Waals surface area contributed by atoms with Gasteiger partial charge < -0.3 is 9.64 Å². The number of piperazine rings is 1. The molecule has 5 heterocycles. The fraction of sp³-hybridized carbons (Fsp3) is 0.406. The first-order chi connectivity index (χ1) is 22.9. The molecular formula is C32H37N7O6S3. The van der Waals surface area contributed by atoms with Gasteiger partial charge in [-0.2, -0.15) is 17.8 Å². The Morgan fingerprint density at radius 2 is 1.73 bits per heavy atom. The minimum absolute atomic E-state index is 0.0890. The highest BCUT2D eigenvalue weighted by Crippen LogP contribution is 2.37. The number of aromatic nitrogens is 4. The molecule has 0 bridgehead atoms. The first-order valence-electron chi connectivity index (χ1n) is 15.8. The van der Waals surface area contributed by atoms with E-state index in [0.29, 0.717) is 70.3 Å². The molecule has 0 radical (unpaired) electrons. The second-order valence-electron chi connectivity index (χ2n) is 12.3. The van der Waals surface area contributed by atoms with Gasteiger partial charge in [0.15, 0.2) is 11.6 Å². The molecule has 0 amide bonds. The van der Waals surface area contributed by atoms with Crippen LogP contribution in [-0.2, 0) is 44.4 Å². The lowest BCUT2D eigenvalue weighted by Gasteiger charge is -2.32. The van der Waals surface area contributed by atoms with Gasteiger partial charge in [-0.15, -0.1) is 11.3 Å². The number of rotatable bonds is 9. The van der Waals surface area contributed by atoms with E-state index in [1.54, 1.807) is 29.7 Å². The zero-order valence-corrected chi connectivity index (χ0v) is 29.2. The molecule has 13 nitrogen and oxygen atoms in total. The molecule has 254 valence electrons. The summed E-state index contributed by atoms with van der Waals surface area (Å²) < 4.78 is 67.8. The number of benzene rings is 2. The SMILES string of the molecule is Cc1ccc(S(=O)(=O)O)c(CCn2ncc3c(-c4nc(N5CCOCC5)c5sc(CN6CCN(S(C)(=O)=O)CC6)cc5n4)cccc32)c1. The summed E-state index contributed by atoms with van der Waals surface area (Å²) in [5, 5.41) is 5.53. The van der Waals surface area contributed by atoms with Crippen molar-refractivity contribution in [2.24, 2.45) is 0 Å². The number of sulfonamides is 1. The predicted octanol–water partition coefficient (Wildman–Crippen LogP) is 3.42. The summed E-state index contributed by atoms with van der Waals surface area (Å²) in [6, 6.07) is 12.9. The summed E-state index contributed by atoms with van der Waals surface area (Å²) >= 11 is 1.68. The molecule has 0 saturated carbocycles. The van der Waals surface area contributed by atoms with Gasteiger partial charge in [-0.1, -0.05) is 29.8 Å². The van der Waals surface area contributed by atoms with Crippen LogP contribution in [0.25, 0.3) is 32.5 Å². The first kappa shape index (κ1) is 33.0. The highest BCUT2D eigenvalue weighted by molar-refractivity contribution is 7.88. The van der Waals surface area contributed by atoms with E-state index in [9.17, 15) is 21.4 Å². The summed E-state index contributed by atoms with van der Waals surface area (Å²) in [5.74, 6) is 1.46. The third kappa shape index (κ3) is 6.83. The second kappa shape index (κ2) is 13.1. The molecule has 0 unspecified atom stereocenters. The maximum absolute atomic E-state index is 12.0. The van der Waals surface area contributed by atoms with Crippen molar-refractivity contribution < 1.29 is 26.1 Å². The Labute approximate surface area is 283 Å². The number of ether oxygens (including phenoxy) is 1. The molecular weight excluding hydrogens is 675 g/mol. The summed E-state index contributed by atoms with van der Waals surface area (Å²) in [5.41, 5.74) is 4.00. The normalized spacial score (nSPS) is 17.1. The summed E-state index contributed by atoms with van der Waals surface area (Å²) in [6.45, 7) is 7.98. The lowest BCUT2D eigenvalue weighted by molar-refractivity contribution is 0.122. The van der Waals surface area contributed by atoms with Crippen molar-refractivity contribution in [3.63, 3.8) is 0 Å². The van der Waals surface area contributed by atoms with Crippen molar-refractivity contribution in [1.29, 1.82) is 0 Å². The maximum Gasteiger partial charge on any atom is 0.294 e. The molecule has 2 aliphatic heterocycles. The van der Waals surface area contributed by atoms with Crippen LogP contribution in [0.3, 0.4) is 0 Å². The van der Waals surface area contributed by atoms with Crippen LogP contribution in [0.1, 0.15) is 16.0 Å². The Hall–Kier alpha value is -3.51. The zero-order chi connectivity index (χ0) is 33.6. The highest BCUT2D eigenvalue weighted by Gasteiger charge is 2.26. The number of morpholine rings is 1. The number of hydrogen-bond donors (Lipinski definition) is 1. The lowest BCUT2D eigenvalue weighted by Crippen LogP contribution is -2.47. The van der Waals surface area contributed by atoms with Gasteiger partial charge in [0.1, 0.15) is 0 Å². The van der Waals surface area contributed by atoms with E-state index in [-0.39, 0.29) is 4.90 Å². The minimum Gasteiger partial charge on any atom is -0.378 e. The second-order valence-corrected chi connectivity index (χ2v) is 16.8. The topological polar surface area (TPSA) is 151 Å². The number of anilines is 1. The molecule has 3 aromatic heterocycles. The molecule has 2 aromatic carbocycles. The van der Waals surface area contributed by atoms with Gasteiger partial charge in [0.25, 0.3) is 10.1 Å². The monoisotopic (exact) mass is 711 g/mol. The van der Waals surface area contributed by atoms with Crippen LogP contribution >= 0.6 is 11.3 Å². The lowest BCUT2D eigenvalue weighted by atomic mass is 10.1. The van der Waals surface area contributed by atoms with Crippen molar-refractivity contribution in [2.75, 3.05) is 63.6 Å². The molecule has 2 fully saturated rings. The van der Waals surface area contributed by atoms with E-state index in [2.05, 4.69) is 21.0 Å². The summed E-state index contributed by atoms with van der Waals surface area (Å²) in [7, 11) is -7.55. The van der Waals surface area contributed by atoms with Crippen molar-refractivity contribution in [3.05, 3.63) is 64.7 Å². The number of thiophene rings is 1. The molecule has 0 aliphatic carbocycles. The van der Waals surface area contributed by atoms with Crippen molar-refractivity contribution >= 4 is 58.4 Å². The van der Waals surface area contributed by atoms with Crippen molar-refractivity contribution in [2.45, 2.75) is 31.3 Å². The third-order valence-electron chi connectivity index (χ3n) is 8.91. The average molecular weight is 712 g/mol. The number of aryl methyl sites for hydroxylation is 3. The zero-order valence-electron chi connectivity index (χ0n) is 26.7. The van der Waals surface area contributed by atoms with Crippen LogP contribution in [-0.4, -0.2) is 109 Å². The van der Waals surface area contributed by atoms with Crippen LogP contribution in [0, 0.1) is 6.92 Å². The van der Waals surface area contributed by atoms with Crippen molar-refractivity contribution in [1.82, 2.24) is 29.0 Å².